The van der Waals surface area contributed by atoms with Gasteiger partial charge in [0, 0.05) is 20.3 Å². The minimum atomic E-state index is -0.127. The number of aromatic nitrogens is 2. The highest BCUT2D eigenvalue weighted by molar-refractivity contribution is 5.91. The summed E-state index contributed by atoms with van der Waals surface area (Å²) in [5, 5.41) is 7.25. The van der Waals surface area contributed by atoms with E-state index in [-0.39, 0.29) is 5.91 Å². The Balaban J connectivity index is 2.86. The standard InChI is InChI=1S/C7H9N3O/c1-10(2)7(11)6-4-3-5-8-9-6/h3-5H,1-2H3. The Morgan fingerprint density at radius 2 is 2.27 bits per heavy atom. The smallest absolute Gasteiger partial charge is 0.273 e. The Bertz CT molecular complexity index is 245. The van der Waals surface area contributed by atoms with E-state index in [4.69, 9.17) is 0 Å². The van der Waals surface area contributed by atoms with Gasteiger partial charge in [0.25, 0.3) is 5.91 Å². The molecule has 0 fully saturated rings. The molecular weight excluding hydrogens is 142 g/mol. The fraction of sp³-hybridized carbons (Fsp3) is 0.286. The first-order valence-electron chi connectivity index (χ1n) is 3.21. The third kappa shape index (κ3) is 1.73. The van der Waals surface area contributed by atoms with Crippen LogP contribution in [0.5, 0.6) is 0 Å². The quantitative estimate of drug-likeness (QED) is 0.575. The molecule has 1 amide bonds. The van der Waals surface area contributed by atoms with Crippen LogP contribution in [0.2, 0.25) is 0 Å². The minimum absolute atomic E-state index is 0.127. The Kier molecular flexibility index (Phi) is 2.15. The summed E-state index contributed by atoms with van der Waals surface area (Å²) < 4.78 is 0. The van der Waals surface area contributed by atoms with Crippen molar-refractivity contribution in [1.29, 1.82) is 0 Å². The molecular formula is C7H9N3O. The van der Waals surface area contributed by atoms with Gasteiger partial charge in [-0.2, -0.15) is 5.10 Å². The summed E-state index contributed by atoms with van der Waals surface area (Å²) in [7, 11) is 3.36. The lowest BCUT2D eigenvalue weighted by molar-refractivity contribution is 0.0821. The van der Waals surface area contributed by atoms with E-state index in [2.05, 4.69) is 10.2 Å². The van der Waals surface area contributed by atoms with Crippen molar-refractivity contribution in [3.8, 4) is 0 Å². The molecule has 11 heavy (non-hydrogen) atoms. The van der Waals surface area contributed by atoms with E-state index in [0.717, 1.165) is 0 Å². The molecule has 0 aliphatic carbocycles. The fourth-order valence-corrected chi connectivity index (χ4v) is 0.645. The Hall–Kier alpha value is -1.45. The third-order valence-corrected chi connectivity index (χ3v) is 1.20. The van der Waals surface area contributed by atoms with Crippen molar-refractivity contribution < 1.29 is 4.79 Å². The molecule has 0 aliphatic rings. The first kappa shape index (κ1) is 7.65. The number of hydrogen-bond acceptors (Lipinski definition) is 3. The highest BCUT2D eigenvalue weighted by Gasteiger charge is 2.07. The van der Waals surface area contributed by atoms with Crippen LogP contribution in [0, 0.1) is 0 Å². The molecule has 0 saturated carbocycles. The van der Waals surface area contributed by atoms with Crippen LogP contribution in [0.15, 0.2) is 18.3 Å². The predicted molar refractivity (Wildman–Crippen MR) is 40.0 cm³/mol. The fourth-order valence-electron chi connectivity index (χ4n) is 0.645. The molecule has 4 nitrogen and oxygen atoms in total. The Morgan fingerprint density at radius 1 is 1.55 bits per heavy atom. The van der Waals surface area contributed by atoms with Gasteiger partial charge in [0.05, 0.1) is 0 Å². The van der Waals surface area contributed by atoms with Crippen LogP contribution in [0.25, 0.3) is 0 Å². The average Bonchev–Trinajstić information content (AvgIpc) is 2.05. The minimum Gasteiger partial charge on any atom is -0.343 e. The van der Waals surface area contributed by atoms with E-state index in [9.17, 15) is 4.79 Å². The lowest BCUT2D eigenvalue weighted by Gasteiger charge is -2.07. The first-order valence-corrected chi connectivity index (χ1v) is 3.21. The topological polar surface area (TPSA) is 46.1 Å². The van der Waals surface area contributed by atoms with Crippen LogP contribution in [0.4, 0.5) is 0 Å². The summed E-state index contributed by atoms with van der Waals surface area (Å²) in [5.74, 6) is -0.127. The number of carbonyl (C=O) groups is 1. The molecule has 0 radical (unpaired) electrons. The average molecular weight is 151 g/mol. The lowest BCUT2D eigenvalue weighted by Crippen LogP contribution is -2.22. The van der Waals surface area contributed by atoms with Crippen molar-refractivity contribution in [2.24, 2.45) is 0 Å². The second-order valence-corrected chi connectivity index (χ2v) is 2.31. The van der Waals surface area contributed by atoms with Gasteiger partial charge < -0.3 is 4.90 Å². The first-order chi connectivity index (χ1) is 5.22. The summed E-state index contributed by atoms with van der Waals surface area (Å²) in [6, 6.07) is 3.32. The van der Waals surface area contributed by atoms with Gasteiger partial charge in [0.2, 0.25) is 0 Å². The Labute approximate surface area is 64.9 Å². The molecule has 0 spiro atoms. The highest BCUT2D eigenvalue weighted by Crippen LogP contribution is 1.94. The maximum atomic E-state index is 11.2. The molecule has 0 N–H and O–H groups in total. The van der Waals surface area contributed by atoms with Crippen LogP contribution in [-0.4, -0.2) is 35.1 Å². The molecule has 1 aromatic heterocycles. The molecule has 1 heterocycles. The maximum Gasteiger partial charge on any atom is 0.273 e. The zero-order valence-corrected chi connectivity index (χ0v) is 6.48. The van der Waals surface area contributed by atoms with Crippen LogP contribution in [0.1, 0.15) is 10.5 Å². The number of carbonyl (C=O) groups excluding carboxylic acids is 1. The van der Waals surface area contributed by atoms with Crippen LogP contribution in [0.3, 0.4) is 0 Å². The summed E-state index contributed by atoms with van der Waals surface area (Å²) in [5.41, 5.74) is 0.373. The Morgan fingerprint density at radius 3 is 2.73 bits per heavy atom. The molecule has 4 heteroatoms. The zero-order valence-electron chi connectivity index (χ0n) is 6.48. The van der Waals surface area contributed by atoms with Crippen LogP contribution in [-0.2, 0) is 0 Å². The number of rotatable bonds is 1. The number of amides is 1. The molecule has 0 unspecified atom stereocenters. The molecule has 0 aliphatic heterocycles. The van der Waals surface area contributed by atoms with E-state index >= 15 is 0 Å². The van der Waals surface area contributed by atoms with E-state index in [1.807, 2.05) is 0 Å². The van der Waals surface area contributed by atoms with Crippen LogP contribution >= 0.6 is 0 Å². The van der Waals surface area contributed by atoms with Crippen molar-refractivity contribution in [3.63, 3.8) is 0 Å². The van der Waals surface area contributed by atoms with E-state index < -0.39 is 0 Å². The van der Waals surface area contributed by atoms with E-state index in [1.165, 1.54) is 11.1 Å². The van der Waals surface area contributed by atoms with Gasteiger partial charge in [0.1, 0.15) is 0 Å². The van der Waals surface area contributed by atoms with Gasteiger partial charge in [-0.3, -0.25) is 4.79 Å². The van der Waals surface area contributed by atoms with Gasteiger partial charge in [-0.25, -0.2) is 0 Å². The second kappa shape index (κ2) is 3.09. The van der Waals surface area contributed by atoms with Gasteiger partial charge in [-0.15, -0.1) is 5.10 Å². The monoisotopic (exact) mass is 151 g/mol. The molecule has 1 rings (SSSR count). The van der Waals surface area contributed by atoms with Gasteiger partial charge >= 0.3 is 0 Å². The predicted octanol–water partition coefficient (Wildman–Crippen LogP) is 0.178. The third-order valence-electron chi connectivity index (χ3n) is 1.20. The van der Waals surface area contributed by atoms with Crippen molar-refractivity contribution in [2.45, 2.75) is 0 Å². The second-order valence-electron chi connectivity index (χ2n) is 2.31. The highest BCUT2D eigenvalue weighted by atomic mass is 16.2. The molecule has 0 bridgehead atoms. The molecule has 0 atom stereocenters. The van der Waals surface area contributed by atoms with Crippen molar-refractivity contribution in [2.75, 3.05) is 14.1 Å². The lowest BCUT2D eigenvalue weighted by atomic mass is 10.3. The van der Waals surface area contributed by atoms with Gasteiger partial charge in [-0.1, -0.05) is 0 Å². The van der Waals surface area contributed by atoms with Crippen molar-refractivity contribution >= 4 is 5.91 Å². The normalized spacial score (nSPS) is 9.27. The molecule has 0 saturated heterocycles. The molecule has 0 aromatic carbocycles. The summed E-state index contributed by atoms with van der Waals surface area (Å²) in [6.45, 7) is 0. The molecule has 1 aromatic rings. The summed E-state index contributed by atoms with van der Waals surface area (Å²) in [6.07, 6.45) is 1.53. The SMILES string of the molecule is CN(C)C(=O)c1cccnn1. The summed E-state index contributed by atoms with van der Waals surface area (Å²) in [4.78, 5) is 12.6. The maximum absolute atomic E-state index is 11.2. The number of hydrogen-bond donors (Lipinski definition) is 0. The van der Waals surface area contributed by atoms with Gasteiger partial charge in [-0.05, 0) is 12.1 Å². The largest absolute Gasteiger partial charge is 0.343 e. The van der Waals surface area contributed by atoms with E-state index in [0.29, 0.717) is 5.69 Å². The van der Waals surface area contributed by atoms with Crippen molar-refractivity contribution in [3.05, 3.63) is 24.0 Å². The van der Waals surface area contributed by atoms with Crippen LogP contribution < -0.4 is 0 Å². The van der Waals surface area contributed by atoms with E-state index in [1.54, 1.807) is 26.2 Å². The summed E-state index contributed by atoms with van der Waals surface area (Å²) >= 11 is 0. The van der Waals surface area contributed by atoms with Gasteiger partial charge in [0.15, 0.2) is 5.69 Å². The molecule has 58 valence electrons. The van der Waals surface area contributed by atoms with Crippen molar-refractivity contribution in [1.82, 2.24) is 15.1 Å². The zero-order chi connectivity index (χ0) is 8.27. The number of nitrogens with zero attached hydrogens (tertiary/aromatic N) is 3.